The number of amides is 2. The second kappa shape index (κ2) is 10.6. The fourth-order valence-corrected chi connectivity index (χ4v) is 9.52. The van der Waals surface area contributed by atoms with E-state index in [0.717, 1.165) is 64.5 Å². The maximum atomic E-state index is 13.5. The summed E-state index contributed by atoms with van der Waals surface area (Å²) in [5.74, 6) is 2.25. The summed E-state index contributed by atoms with van der Waals surface area (Å²) in [5.41, 5.74) is 1.87. The van der Waals surface area contributed by atoms with E-state index in [1.54, 1.807) is 0 Å². The molecule has 0 radical (unpaired) electrons. The molecule has 2 saturated carbocycles. The number of phenols is 1. The smallest absolute Gasteiger partial charge is 0.245 e. The number of fused-ring (bicyclic) bond motifs is 5. The van der Waals surface area contributed by atoms with E-state index in [1.165, 1.54) is 11.1 Å². The topological polar surface area (TPSA) is 84.3 Å². The number of phenolic OH excluding ortho intramolecular Hbond substituents is 1. The summed E-state index contributed by atoms with van der Waals surface area (Å²) in [6.45, 7) is 12.8. The lowest BCUT2D eigenvalue weighted by molar-refractivity contribution is -0.147. The normalized spacial score (nSPS) is 35.6. The molecule has 41 heavy (non-hydrogen) atoms. The first-order valence-electron chi connectivity index (χ1n) is 16.2. The number of piperazine rings is 1. The minimum atomic E-state index is -0.703. The zero-order valence-corrected chi connectivity index (χ0v) is 25.7. The van der Waals surface area contributed by atoms with Crippen molar-refractivity contribution >= 4 is 11.8 Å². The van der Waals surface area contributed by atoms with E-state index >= 15 is 0 Å². The van der Waals surface area contributed by atoms with E-state index in [4.69, 9.17) is 0 Å². The molecule has 2 N–H and O–H groups in total. The standard InChI is InChI=1S/C34H51N3O4/c1-32(2,3)21-30(39)37-15-5-6-29(37)31(40)36-18-16-35(17-19-36)22-34(41)14-12-28-27-9-7-23-20-24(38)8-10-25(23)26(27)11-13-33(28,34)4/h8,10,20,26-29,38,41H,5-7,9,11-19,21-22H2,1-4H3/t26-,27-,28+,29+,33+,34-/m1/s1. The summed E-state index contributed by atoms with van der Waals surface area (Å²) >= 11 is 0. The van der Waals surface area contributed by atoms with E-state index in [0.29, 0.717) is 56.1 Å². The van der Waals surface area contributed by atoms with Crippen LogP contribution in [-0.4, -0.2) is 87.6 Å². The van der Waals surface area contributed by atoms with Crippen LogP contribution in [0.25, 0.3) is 0 Å². The molecule has 2 saturated heterocycles. The number of aliphatic hydroxyl groups is 1. The predicted octanol–water partition coefficient (Wildman–Crippen LogP) is 4.55. The third-order valence-electron chi connectivity index (χ3n) is 11.7. The van der Waals surface area contributed by atoms with Gasteiger partial charge in [0.1, 0.15) is 11.8 Å². The number of aryl methyl sites for hydroxylation is 1. The van der Waals surface area contributed by atoms with Crippen molar-refractivity contribution in [1.82, 2.24) is 14.7 Å². The fourth-order valence-electron chi connectivity index (χ4n) is 9.52. The van der Waals surface area contributed by atoms with Crippen molar-refractivity contribution in [2.24, 2.45) is 22.7 Å². The zero-order valence-electron chi connectivity index (χ0n) is 25.7. The number of rotatable bonds is 4. The highest BCUT2D eigenvalue weighted by atomic mass is 16.3. The van der Waals surface area contributed by atoms with Crippen molar-refractivity contribution in [3.8, 4) is 5.75 Å². The number of hydrogen-bond acceptors (Lipinski definition) is 5. The first-order chi connectivity index (χ1) is 19.4. The molecule has 5 aliphatic rings. The van der Waals surface area contributed by atoms with Gasteiger partial charge in [-0.25, -0.2) is 0 Å². The highest BCUT2D eigenvalue weighted by molar-refractivity contribution is 5.88. The SMILES string of the molecule is CC(C)(C)CC(=O)N1CCC[C@H]1C(=O)N1CCN(C[C@]2(O)CC[C@H]3[C@@H]4CCc5cc(O)ccc5[C@H]4CC[C@@]32C)CC1. The summed E-state index contributed by atoms with van der Waals surface area (Å²) < 4.78 is 0. The van der Waals surface area contributed by atoms with Crippen LogP contribution >= 0.6 is 0 Å². The summed E-state index contributed by atoms with van der Waals surface area (Å²) in [7, 11) is 0. The van der Waals surface area contributed by atoms with Crippen molar-refractivity contribution in [3.05, 3.63) is 29.3 Å². The Labute approximate surface area is 246 Å². The number of hydrogen-bond donors (Lipinski definition) is 2. The zero-order chi connectivity index (χ0) is 29.2. The fraction of sp³-hybridized carbons (Fsp3) is 0.765. The van der Waals surface area contributed by atoms with E-state index < -0.39 is 5.60 Å². The molecule has 7 heteroatoms. The molecule has 2 amide bonds. The van der Waals surface area contributed by atoms with Gasteiger partial charge in [-0.05, 0) is 97.8 Å². The highest BCUT2D eigenvalue weighted by Gasteiger charge is 2.61. The number of carbonyl (C=O) groups excluding carboxylic acids is 2. The number of likely N-dealkylation sites (tertiary alicyclic amines) is 1. The molecule has 1 aromatic rings. The van der Waals surface area contributed by atoms with Crippen LogP contribution in [-0.2, 0) is 16.0 Å². The molecule has 6 rings (SSSR count). The third kappa shape index (κ3) is 5.20. The summed E-state index contributed by atoms with van der Waals surface area (Å²) in [5, 5.41) is 22.3. The number of aromatic hydroxyl groups is 1. The van der Waals surface area contributed by atoms with Gasteiger partial charge in [0.25, 0.3) is 0 Å². The molecular weight excluding hydrogens is 514 g/mol. The lowest BCUT2D eigenvalue weighted by Crippen LogP contribution is -2.60. The Bertz CT molecular complexity index is 1170. The maximum absolute atomic E-state index is 13.5. The highest BCUT2D eigenvalue weighted by Crippen LogP contribution is 2.64. The molecule has 0 aromatic heterocycles. The minimum absolute atomic E-state index is 0.0836. The third-order valence-corrected chi connectivity index (χ3v) is 11.7. The largest absolute Gasteiger partial charge is 0.508 e. The van der Waals surface area contributed by atoms with Crippen LogP contribution in [0.2, 0.25) is 0 Å². The Hall–Kier alpha value is -2.12. The molecule has 1 aromatic carbocycles. The maximum Gasteiger partial charge on any atom is 0.245 e. The van der Waals surface area contributed by atoms with Crippen molar-refractivity contribution < 1.29 is 19.8 Å². The van der Waals surface area contributed by atoms with Crippen LogP contribution in [0.5, 0.6) is 5.75 Å². The summed E-state index contributed by atoms with van der Waals surface area (Å²) in [6, 6.07) is 5.65. The van der Waals surface area contributed by atoms with Gasteiger partial charge >= 0.3 is 0 Å². The van der Waals surface area contributed by atoms with Gasteiger partial charge in [0.05, 0.1) is 5.60 Å². The van der Waals surface area contributed by atoms with E-state index in [2.05, 4.69) is 38.7 Å². The molecule has 0 bridgehead atoms. The van der Waals surface area contributed by atoms with Crippen LogP contribution in [0, 0.1) is 22.7 Å². The van der Waals surface area contributed by atoms with E-state index in [-0.39, 0.29) is 28.7 Å². The Morgan fingerprint density at radius 1 is 1.00 bits per heavy atom. The molecule has 2 heterocycles. The molecule has 4 fully saturated rings. The summed E-state index contributed by atoms with van der Waals surface area (Å²) in [6.07, 6.45) is 8.38. The number of β-amino-alcohol motifs (C(OH)–C–C–N with tert-alkyl or cyclic N) is 1. The van der Waals surface area contributed by atoms with E-state index in [1.807, 2.05) is 21.9 Å². The average molecular weight is 566 g/mol. The van der Waals surface area contributed by atoms with Gasteiger partial charge < -0.3 is 20.0 Å². The van der Waals surface area contributed by atoms with Crippen molar-refractivity contribution in [3.63, 3.8) is 0 Å². The van der Waals surface area contributed by atoms with Crippen molar-refractivity contribution in [1.29, 1.82) is 0 Å². The van der Waals surface area contributed by atoms with Gasteiger partial charge in [-0.1, -0.05) is 33.8 Å². The van der Waals surface area contributed by atoms with Gasteiger partial charge in [-0.2, -0.15) is 0 Å². The first kappa shape index (κ1) is 29.0. The first-order valence-corrected chi connectivity index (χ1v) is 16.2. The van der Waals surface area contributed by atoms with Crippen molar-refractivity contribution in [2.45, 2.75) is 103 Å². The van der Waals surface area contributed by atoms with Crippen LogP contribution in [0.1, 0.15) is 96.1 Å². The number of benzene rings is 1. The Kier molecular flexibility index (Phi) is 7.46. The Morgan fingerprint density at radius 3 is 2.49 bits per heavy atom. The molecule has 2 aliphatic heterocycles. The van der Waals surface area contributed by atoms with Crippen LogP contribution < -0.4 is 0 Å². The molecule has 7 nitrogen and oxygen atoms in total. The van der Waals surface area contributed by atoms with Gasteiger partial charge in [0.15, 0.2) is 0 Å². The van der Waals surface area contributed by atoms with Crippen molar-refractivity contribution in [2.75, 3.05) is 39.3 Å². The lowest BCUT2D eigenvalue weighted by atomic mass is 9.53. The molecule has 0 spiro atoms. The molecule has 226 valence electrons. The van der Waals surface area contributed by atoms with Gasteiger partial charge in [-0.3, -0.25) is 14.5 Å². The van der Waals surface area contributed by atoms with E-state index in [9.17, 15) is 19.8 Å². The monoisotopic (exact) mass is 565 g/mol. The Balaban J connectivity index is 1.07. The van der Waals surface area contributed by atoms with Crippen LogP contribution in [0.4, 0.5) is 0 Å². The Morgan fingerprint density at radius 2 is 1.76 bits per heavy atom. The van der Waals surface area contributed by atoms with Crippen LogP contribution in [0.15, 0.2) is 18.2 Å². The second-order valence-electron chi connectivity index (χ2n) is 15.4. The molecule has 3 aliphatic carbocycles. The molecular formula is C34H51N3O4. The van der Waals surface area contributed by atoms with Crippen LogP contribution in [0.3, 0.4) is 0 Å². The lowest BCUT2D eigenvalue weighted by Gasteiger charge is -2.54. The molecule has 0 unspecified atom stereocenters. The minimum Gasteiger partial charge on any atom is -0.508 e. The predicted molar refractivity (Wildman–Crippen MR) is 160 cm³/mol. The quantitative estimate of drug-likeness (QED) is 0.560. The molecule has 6 atom stereocenters. The van der Waals surface area contributed by atoms with Gasteiger partial charge in [-0.15, -0.1) is 0 Å². The average Bonchev–Trinajstić information content (AvgIpc) is 3.51. The van der Waals surface area contributed by atoms with Gasteiger partial charge in [0, 0.05) is 51.1 Å². The summed E-state index contributed by atoms with van der Waals surface area (Å²) in [4.78, 5) is 32.7. The second-order valence-corrected chi connectivity index (χ2v) is 15.4. The number of carbonyl (C=O) groups is 2. The number of nitrogens with zero attached hydrogens (tertiary/aromatic N) is 3. The van der Waals surface area contributed by atoms with Gasteiger partial charge in [0.2, 0.25) is 11.8 Å².